The van der Waals surface area contributed by atoms with Crippen LogP contribution in [0.2, 0.25) is 0 Å². The van der Waals surface area contributed by atoms with Gasteiger partial charge >= 0.3 is 0 Å². The summed E-state index contributed by atoms with van der Waals surface area (Å²) < 4.78 is 0. The highest BCUT2D eigenvalue weighted by Crippen LogP contribution is 2.12. The van der Waals surface area contributed by atoms with E-state index in [0.29, 0.717) is 0 Å². The van der Waals surface area contributed by atoms with Crippen molar-refractivity contribution in [2.75, 3.05) is 13.1 Å². The van der Waals surface area contributed by atoms with E-state index in [4.69, 9.17) is 0 Å². The van der Waals surface area contributed by atoms with Crippen molar-refractivity contribution in [3.8, 4) is 0 Å². The van der Waals surface area contributed by atoms with Crippen LogP contribution in [0.4, 0.5) is 0 Å². The van der Waals surface area contributed by atoms with Crippen molar-refractivity contribution in [2.24, 2.45) is 5.41 Å². The summed E-state index contributed by atoms with van der Waals surface area (Å²) >= 11 is 0. The molecule has 0 spiro atoms. The second kappa shape index (κ2) is 7.96. The summed E-state index contributed by atoms with van der Waals surface area (Å²) in [4.78, 5) is 0. The predicted molar refractivity (Wildman–Crippen MR) is 90.1 cm³/mol. The molecule has 0 aliphatic rings. The van der Waals surface area contributed by atoms with Crippen LogP contribution in [0, 0.1) is 5.41 Å². The van der Waals surface area contributed by atoms with Crippen molar-refractivity contribution in [1.82, 2.24) is 10.6 Å². The molecule has 21 heavy (non-hydrogen) atoms. The molecule has 2 rings (SSSR count). The Bertz CT molecular complexity index is 458. The van der Waals surface area contributed by atoms with E-state index in [9.17, 15) is 0 Å². The maximum Gasteiger partial charge on any atom is 0.0205 e. The average molecular weight is 282 g/mol. The van der Waals surface area contributed by atoms with E-state index in [0.717, 1.165) is 26.2 Å². The standard InChI is InChI=1S/C19H26N2/c1-19(2,15-20-13-17-9-5-3-6-10-17)16-21-14-18-11-7-4-8-12-18/h3-12,20-21H,13-16H2,1-2H3. The molecule has 2 aromatic rings. The largest absolute Gasteiger partial charge is 0.312 e. The molecule has 2 heteroatoms. The van der Waals surface area contributed by atoms with Gasteiger partial charge in [0.05, 0.1) is 0 Å². The van der Waals surface area contributed by atoms with E-state index >= 15 is 0 Å². The van der Waals surface area contributed by atoms with Crippen LogP contribution < -0.4 is 10.6 Å². The van der Waals surface area contributed by atoms with E-state index in [1.165, 1.54) is 11.1 Å². The number of benzene rings is 2. The summed E-state index contributed by atoms with van der Waals surface area (Å²) in [5.41, 5.74) is 2.92. The molecule has 0 saturated carbocycles. The molecule has 0 radical (unpaired) electrons. The third kappa shape index (κ3) is 6.11. The highest BCUT2D eigenvalue weighted by molar-refractivity contribution is 5.15. The van der Waals surface area contributed by atoms with Crippen LogP contribution >= 0.6 is 0 Å². The highest BCUT2D eigenvalue weighted by Gasteiger charge is 2.16. The number of rotatable bonds is 8. The molecule has 0 bridgehead atoms. The van der Waals surface area contributed by atoms with Crippen LogP contribution in [0.15, 0.2) is 60.7 Å². The van der Waals surface area contributed by atoms with Gasteiger partial charge in [0.2, 0.25) is 0 Å². The lowest BCUT2D eigenvalue weighted by molar-refractivity contribution is 0.319. The summed E-state index contributed by atoms with van der Waals surface area (Å²) in [7, 11) is 0. The van der Waals surface area contributed by atoms with Gasteiger partial charge in [-0.05, 0) is 16.5 Å². The molecule has 0 saturated heterocycles. The Labute approximate surface area is 128 Å². The van der Waals surface area contributed by atoms with E-state index in [2.05, 4.69) is 85.1 Å². The van der Waals surface area contributed by atoms with Gasteiger partial charge in [0.1, 0.15) is 0 Å². The first-order chi connectivity index (χ1) is 10.2. The third-order valence-corrected chi connectivity index (χ3v) is 3.55. The fourth-order valence-corrected chi connectivity index (χ4v) is 2.34. The molecule has 2 nitrogen and oxygen atoms in total. The fraction of sp³-hybridized carbons (Fsp3) is 0.368. The highest BCUT2D eigenvalue weighted by atomic mass is 14.9. The van der Waals surface area contributed by atoms with Gasteiger partial charge in [0, 0.05) is 26.2 Å². The van der Waals surface area contributed by atoms with E-state index in [1.807, 2.05) is 0 Å². The Morgan fingerprint density at radius 2 is 1.05 bits per heavy atom. The van der Waals surface area contributed by atoms with Gasteiger partial charge in [-0.3, -0.25) is 0 Å². The Hall–Kier alpha value is -1.64. The monoisotopic (exact) mass is 282 g/mol. The van der Waals surface area contributed by atoms with Crippen molar-refractivity contribution in [1.29, 1.82) is 0 Å². The molecule has 0 amide bonds. The van der Waals surface area contributed by atoms with Crippen molar-refractivity contribution in [3.05, 3.63) is 71.8 Å². The maximum atomic E-state index is 3.55. The quantitative estimate of drug-likeness (QED) is 0.773. The smallest absolute Gasteiger partial charge is 0.0205 e. The molecule has 0 unspecified atom stereocenters. The first-order valence-corrected chi connectivity index (χ1v) is 7.65. The predicted octanol–water partition coefficient (Wildman–Crippen LogP) is 3.59. The van der Waals surface area contributed by atoms with E-state index in [-0.39, 0.29) is 5.41 Å². The van der Waals surface area contributed by atoms with Gasteiger partial charge < -0.3 is 10.6 Å². The van der Waals surface area contributed by atoms with Gasteiger partial charge in [0.25, 0.3) is 0 Å². The molecule has 0 aromatic heterocycles. The fourth-order valence-electron chi connectivity index (χ4n) is 2.34. The second-order valence-electron chi connectivity index (χ2n) is 6.34. The SMILES string of the molecule is CC(C)(CNCc1ccccc1)CNCc1ccccc1. The summed E-state index contributed by atoms with van der Waals surface area (Å²) in [6, 6.07) is 21.1. The lowest BCUT2D eigenvalue weighted by atomic mass is 9.93. The third-order valence-electron chi connectivity index (χ3n) is 3.55. The minimum Gasteiger partial charge on any atom is -0.312 e. The minimum atomic E-state index is 0.240. The van der Waals surface area contributed by atoms with Gasteiger partial charge in [-0.15, -0.1) is 0 Å². The van der Waals surface area contributed by atoms with E-state index < -0.39 is 0 Å². The van der Waals surface area contributed by atoms with Gasteiger partial charge in [-0.2, -0.15) is 0 Å². The number of nitrogens with one attached hydrogen (secondary N) is 2. The van der Waals surface area contributed by atoms with Crippen LogP contribution in [0.3, 0.4) is 0 Å². The molecule has 0 aliphatic carbocycles. The molecule has 2 N–H and O–H groups in total. The van der Waals surface area contributed by atoms with Crippen molar-refractivity contribution < 1.29 is 0 Å². The summed E-state index contributed by atoms with van der Waals surface area (Å²) in [6.07, 6.45) is 0. The number of hydrogen-bond acceptors (Lipinski definition) is 2. The van der Waals surface area contributed by atoms with Gasteiger partial charge in [-0.25, -0.2) is 0 Å². The molecular weight excluding hydrogens is 256 g/mol. The van der Waals surface area contributed by atoms with Crippen molar-refractivity contribution in [3.63, 3.8) is 0 Å². The molecule has 0 fully saturated rings. The van der Waals surface area contributed by atoms with Gasteiger partial charge in [0.15, 0.2) is 0 Å². The molecule has 0 heterocycles. The van der Waals surface area contributed by atoms with Crippen LogP contribution in [-0.4, -0.2) is 13.1 Å². The molecular formula is C19H26N2. The molecule has 0 atom stereocenters. The van der Waals surface area contributed by atoms with Crippen molar-refractivity contribution in [2.45, 2.75) is 26.9 Å². The Morgan fingerprint density at radius 1 is 0.667 bits per heavy atom. The normalized spacial score (nSPS) is 11.5. The molecule has 2 aromatic carbocycles. The lowest BCUT2D eigenvalue weighted by Gasteiger charge is -2.25. The second-order valence-corrected chi connectivity index (χ2v) is 6.34. The summed E-state index contributed by atoms with van der Waals surface area (Å²) in [5, 5.41) is 7.10. The van der Waals surface area contributed by atoms with Crippen LogP contribution in [0.25, 0.3) is 0 Å². The Morgan fingerprint density at radius 3 is 1.43 bits per heavy atom. The zero-order valence-electron chi connectivity index (χ0n) is 13.1. The van der Waals surface area contributed by atoms with Crippen LogP contribution in [0.5, 0.6) is 0 Å². The zero-order valence-corrected chi connectivity index (χ0v) is 13.1. The molecule has 112 valence electrons. The molecule has 0 aliphatic heterocycles. The minimum absolute atomic E-state index is 0.240. The topological polar surface area (TPSA) is 24.1 Å². The lowest BCUT2D eigenvalue weighted by Crippen LogP contribution is -2.37. The Kier molecular flexibility index (Phi) is 5.97. The van der Waals surface area contributed by atoms with Crippen LogP contribution in [0.1, 0.15) is 25.0 Å². The maximum absolute atomic E-state index is 3.55. The summed E-state index contributed by atoms with van der Waals surface area (Å²) in [5.74, 6) is 0. The van der Waals surface area contributed by atoms with Gasteiger partial charge in [-0.1, -0.05) is 74.5 Å². The average Bonchev–Trinajstić information content (AvgIpc) is 2.49. The first-order valence-electron chi connectivity index (χ1n) is 7.65. The van der Waals surface area contributed by atoms with Crippen LogP contribution in [-0.2, 0) is 13.1 Å². The zero-order chi connectivity index (χ0) is 15.0. The number of hydrogen-bond donors (Lipinski definition) is 2. The van der Waals surface area contributed by atoms with Crippen molar-refractivity contribution >= 4 is 0 Å². The Balaban J connectivity index is 1.67. The first kappa shape index (κ1) is 15.7. The van der Waals surface area contributed by atoms with E-state index in [1.54, 1.807) is 0 Å². The summed E-state index contributed by atoms with van der Waals surface area (Å²) in [6.45, 7) is 8.46.